The fourth-order valence-corrected chi connectivity index (χ4v) is 0.393. The van der Waals surface area contributed by atoms with Gasteiger partial charge in [0.25, 0.3) is 0 Å². The van der Waals surface area contributed by atoms with Crippen LogP contribution in [0.15, 0.2) is 24.3 Å². The van der Waals surface area contributed by atoms with E-state index in [2.05, 4.69) is 44.7 Å². The van der Waals surface area contributed by atoms with E-state index in [1.165, 1.54) is 0 Å². The smallest absolute Gasteiger partial charge is 0.545 e. The van der Waals surface area contributed by atoms with Gasteiger partial charge in [0.15, 0.2) is 0 Å². The molecule has 0 bridgehead atoms. The molecule has 0 fully saturated rings. The average Bonchev–Trinajstić information content (AvgIpc) is 2.71. The molecule has 0 spiro atoms. The molecule has 0 atom stereocenters. The van der Waals surface area contributed by atoms with Crippen LogP contribution in [0.5, 0.6) is 0 Å². The molecule has 3 nitrogen and oxygen atoms in total. The summed E-state index contributed by atoms with van der Waals surface area (Å²) < 4.78 is 0. The van der Waals surface area contributed by atoms with Crippen LogP contribution in [0.3, 0.4) is 0 Å². The third kappa shape index (κ3) is 36.0. The van der Waals surface area contributed by atoms with E-state index in [1.54, 1.807) is 0 Å². The molecule has 12 heavy (non-hydrogen) atoms. The molecule has 0 aliphatic heterocycles. The summed E-state index contributed by atoms with van der Waals surface area (Å²) in [5.74, 6) is 0. The SMILES string of the molecule is C1=CCC=C1.[CH-]=O.[CH-]=O.[CH-]=O.[Fe+3]. The van der Waals surface area contributed by atoms with Crippen LogP contribution in [0.2, 0.25) is 0 Å². The average molecular weight is 209 g/mol. The number of rotatable bonds is 0. The Bertz CT molecular complexity index is 98.1. The quantitative estimate of drug-likeness (QED) is 0.334. The van der Waals surface area contributed by atoms with E-state index in [9.17, 15) is 0 Å². The zero-order valence-electron chi connectivity index (χ0n) is 6.33. The Kier molecular flexibility index (Phi) is 94.6. The third-order valence-electron chi connectivity index (χ3n) is 0.655. The second-order valence-electron chi connectivity index (χ2n) is 1.09. The van der Waals surface area contributed by atoms with Gasteiger partial charge in [0.1, 0.15) is 0 Å². The van der Waals surface area contributed by atoms with E-state index >= 15 is 0 Å². The largest absolute Gasteiger partial charge is 3.00 e. The van der Waals surface area contributed by atoms with Crippen LogP contribution in [0.25, 0.3) is 0 Å². The molecule has 0 N–H and O–H groups in total. The molecule has 0 amide bonds. The molecule has 0 aromatic rings. The predicted molar refractivity (Wildman–Crippen MR) is 43.1 cm³/mol. The Morgan fingerprint density at radius 2 is 1.00 bits per heavy atom. The van der Waals surface area contributed by atoms with Gasteiger partial charge in [0, 0.05) is 0 Å². The summed E-state index contributed by atoms with van der Waals surface area (Å²) in [7, 11) is 0. The van der Waals surface area contributed by atoms with E-state index in [4.69, 9.17) is 14.4 Å². The van der Waals surface area contributed by atoms with Crippen molar-refractivity contribution in [2.75, 3.05) is 0 Å². The van der Waals surface area contributed by atoms with Crippen LogP contribution in [0, 0.1) is 0 Å². The van der Waals surface area contributed by atoms with Gasteiger partial charge in [-0.3, -0.25) is 20.4 Å². The Morgan fingerprint density at radius 1 is 0.750 bits per heavy atom. The zero-order chi connectivity index (χ0) is 9.54. The van der Waals surface area contributed by atoms with Crippen LogP contribution in [0.4, 0.5) is 0 Å². The second kappa shape index (κ2) is 50.5. The molecule has 0 saturated heterocycles. The minimum atomic E-state index is 0. The number of allylic oxidation sites excluding steroid dienone is 4. The summed E-state index contributed by atoms with van der Waals surface area (Å²) in [4.78, 5) is 23.2. The van der Waals surface area contributed by atoms with Crippen molar-refractivity contribution < 1.29 is 31.5 Å². The van der Waals surface area contributed by atoms with E-state index in [0.29, 0.717) is 0 Å². The summed E-state index contributed by atoms with van der Waals surface area (Å²) in [5, 5.41) is 0. The monoisotopic (exact) mass is 209 g/mol. The van der Waals surface area contributed by atoms with Crippen molar-refractivity contribution in [3.8, 4) is 0 Å². The van der Waals surface area contributed by atoms with Crippen LogP contribution in [0.1, 0.15) is 6.42 Å². The number of carbonyl (C=O) groups excluding carboxylic acids is 3. The van der Waals surface area contributed by atoms with Gasteiger partial charge in [-0.1, -0.05) is 24.3 Å². The van der Waals surface area contributed by atoms with Gasteiger partial charge in [-0.25, -0.2) is 0 Å². The van der Waals surface area contributed by atoms with Crippen molar-refractivity contribution in [3.05, 3.63) is 24.3 Å². The Hall–Kier alpha value is -0.991. The van der Waals surface area contributed by atoms with Gasteiger partial charge in [-0.2, -0.15) is 0 Å². The first kappa shape index (κ1) is 22.5. The summed E-state index contributed by atoms with van der Waals surface area (Å²) in [5.41, 5.74) is 0. The molecule has 0 aromatic heterocycles. The van der Waals surface area contributed by atoms with Crippen LogP contribution in [-0.4, -0.2) is 20.4 Å². The maximum Gasteiger partial charge on any atom is 3.00 e. The van der Waals surface area contributed by atoms with Crippen molar-refractivity contribution in [1.82, 2.24) is 0 Å². The minimum absolute atomic E-state index is 0. The van der Waals surface area contributed by atoms with Crippen LogP contribution < -0.4 is 0 Å². The summed E-state index contributed by atoms with van der Waals surface area (Å²) in [6.07, 6.45) is 9.50. The Labute approximate surface area is 83.0 Å². The molecule has 4 heteroatoms. The molecule has 1 rings (SSSR count). The first-order chi connectivity index (χ1) is 5.50. The summed E-state index contributed by atoms with van der Waals surface area (Å²) in [6, 6.07) is 0. The number of hydrogen-bond donors (Lipinski definition) is 0. The molecule has 0 aromatic carbocycles. The van der Waals surface area contributed by atoms with Crippen molar-refractivity contribution >= 4 is 20.4 Å². The van der Waals surface area contributed by atoms with Crippen LogP contribution >= 0.6 is 0 Å². The minimum Gasteiger partial charge on any atom is -0.545 e. The van der Waals surface area contributed by atoms with Gasteiger partial charge in [-0.05, 0) is 6.42 Å². The molecule has 1 radical (unpaired) electrons. The Morgan fingerprint density at radius 3 is 1.08 bits per heavy atom. The summed E-state index contributed by atoms with van der Waals surface area (Å²) in [6.45, 7) is 9.75. The topological polar surface area (TPSA) is 51.2 Å². The van der Waals surface area contributed by atoms with Gasteiger partial charge in [0.05, 0.1) is 0 Å². The third-order valence-corrected chi connectivity index (χ3v) is 0.655. The van der Waals surface area contributed by atoms with Crippen molar-refractivity contribution in [2.45, 2.75) is 6.42 Å². The van der Waals surface area contributed by atoms with Gasteiger partial charge in [-0.15, -0.1) is 0 Å². The molecular weight excluding hydrogens is 200 g/mol. The molecule has 0 saturated carbocycles. The van der Waals surface area contributed by atoms with Crippen molar-refractivity contribution in [1.29, 1.82) is 0 Å². The van der Waals surface area contributed by atoms with Crippen molar-refractivity contribution in [3.63, 3.8) is 0 Å². The zero-order valence-corrected chi connectivity index (χ0v) is 7.43. The van der Waals surface area contributed by atoms with E-state index in [-0.39, 0.29) is 17.1 Å². The molecule has 0 heterocycles. The first-order valence-corrected chi connectivity index (χ1v) is 2.52. The maximum absolute atomic E-state index is 7.75. The van der Waals surface area contributed by atoms with E-state index < -0.39 is 0 Å². The summed E-state index contributed by atoms with van der Waals surface area (Å²) >= 11 is 0. The molecule has 67 valence electrons. The fraction of sp³-hybridized carbons (Fsp3) is 0.125. The van der Waals surface area contributed by atoms with Gasteiger partial charge >= 0.3 is 17.1 Å². The standard InChI is InChI=1S/C5H6.3CHO.Fe/c1-2-4-5-3-1;3*1-2;/h1-4H,5H2;3*1H;/q;3*-1;+3. The Balaban J connectivity index is -0.0000000406. The van der Waals surface area contributed by atoms with Crippen LogP contribution in [-0.2, 0) is 31.5 Å². The molecule has 1 aliphatic carbocycles. The predicted octanol–water partition coefficient (Wildman–Crippen LogP) is 0.678. The van der Waals surface area contributed by atoms with E-state index in [0.717, 1.165) is 6.42 Å². The first-order valence-electron chi connectivity index (χ1n) is 2.52. The number of hydrogen-bond acceptors (Lipinski definition) is 3. The fourth-order valence-electron chi connectivity index (χ4n) is 0.393. The van der Waals surface area contributed by atoms with Gasteiger partial charge in [0.2, 0.25) is 0 Å². The van der Waals surface area contributed by atoms with Gasteiger partial charge < -0.3 is 14.4 Å². The maximum atomic E-state index is 7.75. The second-order valence-corrected chi connectivity index (χ2v) is 1.09. The molecular formula is C8H9FeO3. The normalized spacial score (nSPS) is 8.33. The van der Waals surface area contributed by atoms with E-state index in [1.807, 2.05) is 0 Å². The molecule has 0 unspecified atom stereocenters. The van der Waals surface area contributed by atoms with Crippen molar-refractivity contribution in [2.24, 2.45) is 0 Å². The molecule has 1 aliphatic rings.